The van der Waals surface area contributed by atoms with Gasteiger partial charge in [0, 0.05) is 11.1 Å². The van der Waals surface area contributed by atoms with Crippen molar-refractivity contribution in [2.75, 3.05) is 0 Å². The standard InChI is InChI=1S/C18H22O2/c1-6-14-8-9-15(7-2)16(10-14)18(19)17-11(3)12(4)20-13(17)5/h8-10H,6-7H2,1-5H3. The van der Waals surface area contributed by atoms with Crippen LogP contribution in [0.3, 0.4) is 0 Å². The Hall–Kier alpha value is -1.83. The van der Waals surface area contributed by atoms with Crippen LogP contribution >= 0.6 is 0 Å². The summed E-state index contributed by atoms with van der Waals surface area (Å²) in [6, 6.07) is 6.21. The molecule has 20 heavy (non-hydrogen) atoms. The zero-order chi connectivity index (χ0) is 14.9. The molecular formula is C18H22O2. The molecule has 2 rings (SSSR count). The molecule has 2 heteroatoms. The Morgan fingerprint density at radius 2 is 1.75 bits per heavy atom. The molecule has 0 saturated carbocycles. The molecule has 1 heterocycles. The normalized spacial score (nSPS) is 10.8. The van der Waals surface area contributed by atoms with E-state index in [0.29, 0.717) is 5.76 Å². The molecule has 0 amide bonds. The van der Waals surface area contributed by atoms with Crippen LogP contribution in [0, 0.1) is 20.8 Å². The number of hydrogen-bond acceptors (Lipinski definition) is 2. The predicted molar refractivity (Wildman–Crippen MR) is 81.5 cm³/mol. The van der Waals surface area contributed by atoms with Gasteiger partial charge in [-0.05, 0) is 50.8 Å². The van der Waals surface area contributed by atoms with Gasteiger partial charge in [-0.15, -0.1) is 0 Å². The third-order valence-electron chi connectivity index (χ3n) is 4.00. The van der Waals surface area contributed by atoms with Crippen molar-refractivity contribution >= 4 is 5.78 Å². The van der Waals surface area contributed by atoms with Gasteiger partial charge in [0.15, 0.2) is 5.78 Å². The number of ketones is 1. The summed E-state index contributed by atoms with van der Waals surface area (Å²) in [5.41, 5.74) is 4.80. The molecule has 0 fully saturated rings. The second kappa shape index (κ2) is 5.66. The number of hydrogen-bond donors (Lipinski definition) is 0. The highest BCUT2D eigenvalue weighted by molar-refractivity contribution is 6.11. The monoisotopic (exact) mass is 270 g/mol. The van der Waals surface area contributed by atoms with Crippen LogP contribution in [-0.4, -0.2) is 5.78 Å². The van der Waals surface area contributed by atoms with Crippen LogP contribution in [0.2, 0.25) is 0 Å². The lowest BCUT2D eigenvalue weighted by atomic mass is 9.93. The average molecular weight is 270 g/mol. The van der Waals surface area contributed by atoms with Crippen LogP contribution in [-0.2, 0) is 12.8 Å². The molecule has 0 saturated heterocycles. The van der Waals surface area contributed by atoms with E-state index in [9.17, 15) is 4.79 Å². The maximum atomic E-state index is 12.9. The van der Waals surface area contributed by atoms with Gasteiger partial charge < -0.3 is 4.42 Å². The van der Waals surface area contributed by atoms with Gasteiger partial charge in [-0.3, -0.25) is 4.79 Å². The van der Waals surface area contributed by atoms with Crippen molar-refractivity contribution in [2.45, 2.75) is 47.5 Å². The Balaban J connectivity index is 2.58. The molecule has 2 aromatic rings. The number of benzene rings is 1. The third kappa shape index (κ3) is 2.43. The summed E-state index contributed by atoms with van der Waals surface area (Å²) in [7, 11) is 0. The Labute approximate surface area is 120 Å². The number of rotatable bonds is 4. The van der Waals surface area contributed by atoms with E-state index < -0.39 is 0 Å². The maximum absolute atomic E-state index is 12.9. The molecule has 0 radical (unpaired) electrons. The van der Waals surface area contributed by atoms with E-state index in [2.05, 4.69) is 26.0 Å². The number of carbonyl (C=O) groups is 1. The lowest BCUT2D eigenvalue weighted by Gasteiger charge is -2.09. The molecule has 2 nitrogen and oxygen atoms in total. The molecule has 0 spiro atoms. The first-order valence-electron chi connectivity index (χ1n) is 7.22. The largest absolute Gasteiger partial charge is 0.466 e. The van der Waals surface area contributed by atoms with Gasteiger partial charge in [0.2, 0.25) is 0 Å². The van der Waals surface area contributed by atoms with E-state index in [-0.39, 0.29) is 5.78 Å². The van der Waals surface area contributed by atoms with E-state index in [1.165, 1.54) is 5.56 Å². The summed E-state index contributed by atoms with van der Waals surface area (Å²) in [5, 5.41) is 0. The minimum absolute atomic E-state index is 0.0870. The lowest BCUT2D eigenvalue weighted by molar-refractivity contribution is 0.103. The van der Waals surface area contributed by atoms with Crippen LogP contribution in [0.4, 0.5) is 0 Å². The number of furan rings is 1. The maximum Gasteiger partial charge on any atom is 0.197 e. The van der Waals surface area contributed by atoms with Crippen molar-refractivity contribution in [3.63, 3.8) is 0 Å². The molecule has 0 unspecified atom stereocenters. The summed E-state index contributed by atoms with van der Waals surface area (Å²) in [6.07, 6.45) is 1.80. The van der Waals surface area contributed by atoms with Crippen molar-refractivity contribution in [3.05, 3.63) is 57.5 Å². The van der Waals surface area contributed by atoms with Crippen LogP contribution in [0.1, 0.15) is 58.0 Å². The summed E-state index contributed by atoms with van der Waals surface area (Å²) in [4.78, 5) is 12.9. The van der Waals surface area contributed by atoms with Gasteiger partial charge >= 0.3 is 0 Å². The summed E-state index contributed by atoms with van der Waals surface area (Å²) in [5.74, 6) is 1.63. The molecule has 0 N–H and O–H groups in total. The molecular weight excluding hydrogens is 248 g/mol. The van der Waals surface area contributed by atoms with Crippen LogP contribution in [0.25, 0.3) is 0 Å². The highest BCUT2D eigenvalue weighted by Gasteiger charge is 2.21. The summed E-state index contributed by atoms with van der Waals surface area (Å²) in [6.45, 7) is 9.91. The zero-order valence-electron chi connectivity index (χ0n) is 13.0. The minimum Gasteiger partial charge on any atom is -0.466 e. The molecule has 1 aromatic carbocycles. The number of carbonyl (C=O) groups excluding carboxylic acids is 1. The summed E-state index contributed by atoms with van der Waals surface area (Å²) >= 11 is 0. The highest BCUT2D eigenvalue weighted by atomic mass is 16.3. The quantitative estimate of drug-likeness (QED) is 0.762. The fraction of sp³-hybridized carbons (Fsp3) is 0.389. The van der Waals surface area contributed by atoms with Crippen molar-refractivity contribution in [1.29, 1.82) is 0 Å². The highest BCUT2D eigenvalue weighted by Crippen LogP contribution is 2.26. The van der Waals surface area contributed by atoms with Gasteiger partial charge in [-0.2, -0.15) is 0 Å². The fourth-order valence-corrected chi connectivity index (χ4v) is 2.63. The topological polar surface area (TPSA) is 30.2 Å². The first-order valence-corrected chi connectivity index (χ1v) is 7.22. The Kier molecular flexibility index (Phi) is 4.12. The first kappa shape index (κ1) is 14.6. The Morgan fingerprint density at radius 1 is 1.05 bits per heavy atom. The van der Waals surface area contributed by atoms with Gasteiger partial charge in [-0.1, -0.05) is 26.0 Å². The first-order chi connectivity index (χ1) is 9.49. The van der Waals surface area contributed by atoms with Gasteiger partial charge in [0.05, 0.1) is 5.56 Å². The SMILES string of the molecule is CCc1ccc(CC)c(C(=O)c2c(C)oc(C)c2C)c1. The Bertz CT molecular complexity index is 648. The van der Waals surface area contributed by atoms with E-state index in [0.717, 1.165) is 40.9 Å². The van der Waals surface area contributed by atoms with E-state index in [1.807, 2.05) is 26.8 Å². The molecule has 106 valence electrons. The van der Waals surface area contributed by atoms with Crippen LogP contribution < -0.4 is 0 Å². The van der Waals surface area contributed by atoms with Crippen LogP contribution in [0.15, 0.2) is 22.6 Å². The Morgan fingerprint density at radius 3 is 2.25 bits per heavy atom. The van der Waals surface area contributed by atoms with Gasteiger partial charge in [0.1, 0.15) is 11.5 Å². The summed E-state index contributed by atoms with van der Waals surface area (Å²) < 4.78 is 5.60. The van der Waals surface area contributed by atoms with Crippen molar-refractivity contribution in [3.8, 4) is 0 Å². The molecule has 0 aliphatic rings. The van der Waals surface area contributed by atoms with Gasteiger partial charge in [0.25, 0.3) is 0 Å². The van der Waals surface area contributed by atoms with E-state index >= 15 is 0 Å². The van der Waals surface area contributed by atoms with E-state index in [1.54, 1.807) is 0 Å². The minimum atomic E-state index is 0.0870. The second-order valence-corrected chi connectivity index (χ2v) is 5.24. The van der Waals surface area contributed by atoms with E-state index in [4.69, 9.17) is 4.42 Å². The van der Waals surface area contributed by atoms with Crippen molar-refractivity contribution in [2.24, 2.45) is 0 Å². The van der Waals surface area contributed by atoms with Crippen molar-refractivity contribution in [1.82, 2.24) is 0 Å². The average Bonchev–Trinajstić information content (AvgIpc) is 2.70. The molecule has 0 atom stereocenters. The third-order valence-corrected chi connectivity index (χ3v) is 4.00. The lowest BCUT2D eigenvalue weighted by Crippen LogP contribution is -2.08. The molecule has 0 bridgehead atoms. The van der Waals surface area contributed by atoms with Gasteiger partial charge in [-0.25, -0.2) is 0 Å². The predicted octanol–water partition coefficient (Wildman–Crippen LogP) is 4.56. The molecule has 0 aliphatic heterocycles. The number of aryl methyl sites for hydroxylation is 4. The fourth-order valence-electron chi connectivity index (χ4n) is 2.63. The smallest absolute Gasteiger partial charge is 0.197 e. The second-order valence-electron chi connectivity index (χ2n) is 5.24. The van der Waals surface area contributed by atoms with Crippen molar-refractivity contribution < 1.29 is 9.21 Å². The molecule has 1 aromatic heterocycles. The zero-order valence-corrected chi connectivity index (χ0v) is 13.0. The van der Waals surface area contributed by atoms with Crippen LogP contribution in [0.5, 0.6) is 0 Å². The molecule has 0 aliphatic carbocycles.